The Bertz CT molecular complexity index is 1070. The number of hydrogen-bond donors (Lipinski definition) is 3. The normalized spacial score (nSPS) is 11.2. The van der Waals surface area contributed by atoms with E-state index in [1.54, 1.807) is 0 Å². The summed E-state index contributed by atoms with van der Waals surface area (Å²) in [6, 6.07) is 7.98. The lowest BCUT2D eigenvalue weighted by atomic mass is 10.2. The number of fused-ring (bicyclic) bond motifs is 1. The first kappa shape index (κ1) is 18.3. The minimum Gasteiger partial charge on any atom is -0.406 e. The number of nitriles is 1. The number of nitrogens with two attached hydrogens (primary N) is 2. The van der Waals surface area contributed by atoms with E-state index in [1.807, 2.05) is 6.07 Å². The first-order valence-electron chi connectivity index (χ1n) is 7.23. The number of nitrogens with one attached hydrogen (secondary N) is 1. The number of anilines is 3. The van der Waals surface area contributed by atoms with Gasteiger partial charge in [0.1, 0.15) is 27.3 Å². The summed E-state index contributed by atoms with van der Waals surface area (Å²) in [4.78, 5) is 17.0. The summed E-state index contributed by atoms with van der Waals surface area (Å²) in [5.41, 5.74) is 12.1. The maximum Gasteiger partial charge on any atom is 0.573 e. The molecule has 0 bridgehead atoms. The zero-order chi connectivity index (χ0) is 19.8. The molecule has 3 rings (SSSR count). The van der Waals surface area contributed by atoms with Crippen molar-refractivity contribution in [3.8, 4) is 11.8 Å². The minimum absolute atomic E-state index is 0.0264. The fourth-order valence-corrected chi connectivity index (χ4v) is 3.22. The number of aromatic nitrogens is 1. The predicted molar refractivity (Wildman–Crippen MR) is 94.2 cm³/mol. The molecular formula is C16H10F3N5O2S. The molecule has 11 heteroatoms. The SMILES string of the molecule is N#Cc1cc2c(N)c(C(=O)Nc3ccc(OC(F)(F)F)cc3)sc2nc1N. The van der Waals surface area contributed by atoms with Gasteiger partial charge in [-0.25, -0.2) is 4.98 Å². The van der Waals surface area contributed by atoms with E-state index >= 15 is 0 Å². The molecule has 0 aliphatic rings. The number of ether oxygens (including phenoxy) is 1. The molecule has 2 aromatic heterocycles. The second-order valence-corrected chi connectivity index (χ2v) is 6.26. The molecule has 0 unspecified atom stereocenters. The van der Waals surface area contributed by atoms with E-state index in [1.165, 1.54) is 18.2 Å². The smallest absolute Gasteiger partial charge is 0.406 e. The number of nitrogen functional groups attached to an aromatic ring is 2. The molecule has 3 aromatic rings. The van der Waals surface area contributed by atoms with Crippen molar-refractivity contribution in [2.45, 2.75) is 6.36 Å². The average molecular weight is 393 g/mol. The third kappa shape index (κ3) is 3.85. The van der Waals surface area contributed by atoms with Crippen LogP contribution in [0.3, 0.4) is 0 Å². The molecule has 0 spiro atoms. The van der Waals surface area contributed by atoms with Gasteiger partial charge in [-0.3, -0.25) is 4.79 Å². The molecule has 138 valence electrons. The van der Waals surface area contributed by atoms with Crippen molar-refractivity contribution in [1.82, 2.24) is 4.98 Å². The maximum absolute atomic E-state index is 12.4. The highest BCUT2D eigenvalue weighted by atomic mass is 32.1. The lowest BCUT2D eigenvalue weighted by Crippen LogP contribution is -2.17. The quantitative estimate of drug-likeness (QED) is 0.625. The van der Waals surface area contributed by atoms with Crippen molar-refractivity contribution in [1.29, 1.82) is 5.26 Å². The molecule has 2 heterocycles. The van der Waals surface area contributed by atoms with Gasteiger partial charge < -0.3 is 21.5 Å². The topological polar surface area (TPSA) is 127 Å². The molecule has 0 radical (unpaired) electrons. The van der Waals surface area contributed by atoms with Crippen LogP contribution in [-0.2, 0) is 0 Å². The van der Waals surface area contributed by atoms with Crippen LogP contribution in [0.15, 0.2) is 30.3 Å². The van der Waals surface area contributed by atoms with Crippen LogP contribution < -0.4 is 21.5 Å². The van der Waals surface area contributed by atoms with Crippen LogP contribution in [0.2, 0.25) is 0 Å². The Morgan fingerprint density at radius 2 is 1.93 bits per heavy atom. The van der Waals surface area contributed by atoms with E-state index in [2.05, 4.69) is 15.0 Å². The molecule has 0 aliphatic heterocycles. The Labute approximate surface area is 154 Å². The van der Waals surface area contributed by atoms with Crippen LogP contribution in [0.5, 0.6) is 5.75 Å². The Morgan fingerprint density at radius 3 is 2.52 bits per heavy atom. The Morgan fingerprint density at radius 1 is 1.26 bits per heavy atom. The van der Waals surface area contributed by atoms with Gasteiger partial charge in [-0.05, 0) is 30.3 Å². The summed E-state index contributed by atoms with van der Waals surface area (Å²) in [7, 11) is 0. The van der Waals surface area contributed by atoms with Gasteiger partial charge in [0.2, 0.25) is 0 Å². The Kier molecular flexibility index (Phi) is 4.50. The fraction of sp³-hybridized carbons (Fsp3) is 0.0625. The monoisotopic (exact) mass is 393 g/mol. The molecule has 1 amide bonds. The van der Waals surface area contributed by atoms with Crippen molar-refractivity contribution in [2.24, 2.45) is 0 Å². The summed E-state index contributed by atoms with van der Waals surface area (Å²) in [5.74, 6) is -0.957. The van der Waals surface area contributed by atoms with Crippen LogP contribution in [-0.4, -0.2) is 17.3 Å². The first-order chi connectivity index (χ1) is 12.7. The minimum atomic E-state index is -4.80. The van der Waals surface area contributed by atoms with Crippen LogP contribution in [0.1, 0.15) is 15.2 Å². The van der Waals surface area contributed by atoms with Crippen LogP contribution in [0.4, 0.5) is 30.4 Å². The van der Waals surface area contributed by atoms with Crippen LogP contribution in [0.25, 0.3) is 10.2 Å². The van der Waals surface area contributed by atoms with Crippen molar-refractivity contribution in [2.75, 3.05) is 16.8 Å². The number of hydrogen-bond acceptors (Lipinski definition) is 7. The molecule has 0 saturated carbocycles. The van der Waals surface area contributed by atoms with Gasteiger partial charge in [-0.1, -0.05) is 0 Å². The summed E-state index contributed by atoms with van der Waals surface area (Å²) in [6.45, 7) is 0. The molecule has 0 saturated heterocycles. The molecule has 0 atom stereocenters. The molecular weight excluding hydrogens is 383 g/mol. The van der Waals surface area contributed by atoms with Gasteiger partial charge in [0.25, 0.3) is 5.91 Å². The van der Waals surface area contributed by atoms with Crippen LogP contribution >= 0.6 is 11.3 Å². The molecule has 27 heavy (non-hydrogen) atoms. The highest BCUT2D eigenvalue weighted by molar-refractivity contribution is 7.21. The maximum atomic E-state index is 12.4. The standard InChI is InChI=1S/C16H10F3N5O2S/c17-16(18,19)26-9-3-1-8(2-4-9)23-14(25)12-11(21)10-5-7(6-20)13(22)24-15(10)27-12/h1-5H,21H2,(H2,22,24)(H,23,25). The van der Waals surface area contributed by atoms with Crippen molar-refractivity contribution >= 4 is 44.7 Å². The van der Waals surface area contributed by atoms with Gasteiger partial charge >= 0.3 is 6.36 Å². The first-order valence-corrected chi connectivity index (χ1v) is 8.05. The molecule has 5 N–H and O–H groups in total. The van der Waals surface area contributed by atoms with Crippen LogP contribution in [0, 0.1) is 11.3 Å². The highest BCUT2D eigenvalue weighted by Gasteiger charge is 2.31. The van der Waals surface area contributed by atoms with Crippen molar-refractivity contribution < 1.29 is 22.7 Å². The molecule has 0 aliphatic carbocycles. The van der Waals surface area contributed by atoms with E-state index in [4.69, 9.17) is 16.7 Å². The number of alkyl halides is 3. The van der Waals surface area contributed by atoms with E-state index in [-0.39, 0.29) is 27.6 Å². The fourth-order valence-electron chi connectivity index (χ4n) is 2.24. The van der Waals surface area contributed by atoms with Gasteiger partial charge in [0, 0.05) is 11.1 Å². The third-order valence-electron chi connectivity index (χ3n) is 3.42. The lowest BCUT2D eigenvalue weighted by Gasteiger charge is -2.09. The van der Waals surface area contributed by atoms with Gasteiger partial charge in [0.15, 0.2) is 0 Å². The zero-order valence-corrected chi connectivity index (χ0v) is 14.1. The summed E-state index contributed by atoms with van der Waals surface area (Å²) in [6.07, 6.45) is -4.80. The second-order valence-electron chi connectivity index (χ2n) is 5.26. The van der Waals surface area contributed by atoms with E-state index in [0.29, 0.717) is 10.2 Å². The van der Waals surface area contributed by atoms with Gasteiger partial charge in [0.05, 0.1) is 11.3 Å². The molecule has 7 nitrogen and oxygen atoms in total. The average Bonchev–Trinajstić information content (AvgIpc) is 2.90. The number of pyridine rings is 1. The number of carbonyl (C=O) groups is 1. The predicted octanol–water partition coefficient (Wildman–Crippen LogP) is 3.48. The third-order valence-corrected chi connectivity index (χ3v) is 4.54. The lowest BCUT2D eigenvalue weighted by molar-refractivity contribution is -0.274. The molecule has 0 fully saturated rings. The van der Waals surface area contributed by atoms with Gasteiger partial charge in [-0.15, -0.1) is 24.5 Å². The van der Waals surface area contributed by atoms with E-state index in [9.17, 15) is 18.0 Å². The molecule has 1 aromatic carbocycles. The summed E-state index contributed by atoms with van der Waals surface area (Å²) in [5, 5.41) is 12.0. The van der Waals surface area contributed by atoms with Crippen molar-refractivity contribution in [3.63, 3.8) is 0 Å². The van der Waals surface area contributed by atoms with E-state index < -0.39 is 18.0 Å². The zero-order valence-electron chi connectivity index (χ0n) is 13.3. The summed E-state index contributed by atoms with van der Waals surface area (Å²) < 4.78 is 40.2. The number of rotatable bonds is 3. The Hall–Kier alpha value is -3.52. The number of nitrogens with zero attached hydrogens (tertiary/aromatic N) is 2. The van der Waals surface area contributed by atoms with Gasteiger partial charge in [-0.2, -0.15) is 5.26 Å². The second kappa shape index (κ2) is 6.65. The number of amides is 1. The largest absolute Gasteiger partial charge is 0.573 e. The number of carbonyl (C=O) groups excluding carboxylic acids is 1. The number of thiophene rings is 1. The van der Waals surface area contributed by atoms with E-state index in [0.717, 1.165) is 23.5 Å². The van der Waals surface area contributed by atoms with Crippen molar-refractivity contribution in [3.05, 3.63) is 40.8 Å². The highest BCUT2D eigenvalue weighted by Crippen LogP contribution is 2.34. The summed E-state index contributed by atoms with van der Waals surface area (Å²) >= 11 is 0.985. The number of benzene rings is 1. The number of halogens is 3. The Balaban J connectivity index is 1.84.